The maximum atomic E-state index is 13.3. The highest BCUT2D eigenvalue weighted by Gasteiger charge is 2.23. The van der Waals surface area contributed by atoms with Crippen molar-refractivity contribution >= 4 is 11.6 Å². The van der Waals surface area contributed by atoms with Crippen LogP contribution < -0.4 is 10.6 Å². The number of carbonyl (C=O) groups excluding carboxylic acids is 1. The second-order valence-electron chi connectivity index (χ2n) is 6.12. The molecule has 1 aromatic carbocycles. The van der Waals surface area contributed by atoms with E-state index in [2.05, 4.69) is 4.90 Å². The van der Waals surface area contributed by atoms with Crippen LogP contribution in [0.4, 0.5) is 10.1 Å². The molecule has 1 heterocycles. The topological polar surface area (TPSA) is 69.8 Å². The molecule has 3 N–H and O–H groups in total. The zero-order chi connectivity index (χ0) is 16.3. The summed E-state index contributed by atoms with van der Waals surface area (Å²) in [6, 6.07) is 4.14. The van der Waals surface area contributed by atoms with Crippen LogP contribution >= 0.6 is 0 Å². The molecule has 0 aliphatic carbocycles. The summed E-state index contributed by atoms with van der Waals surface area (Å²) >= 11 is 0. The van der Waals surface area contributed by atoms with E-state index >= 15 is 0 Å². The Hall–Kier alpha value is -1.66. The Labute approximate surface area is 130 Å². The van der Waals surface area contributed by atoms with Crippen LogP contribution in [-0.2, 0) is 0 Å². The number of hydrogen-bond donors (Lipinski definition) is 2. The Balaban J connectivity index is 2.02. The lowest BCUT2D eigenvalue weighted by molar-refractivity contribution is 0.0739. The zero-order valence-corrected chi connectivity index (χ0v) is 13.1. The van der Waals surface area contributed by atoms with Gasteiger partial charge < -0.3 is 15.7 Å². The molecule has 1 saturated heterocycles. The van der Waals surface area contributed by atoms with Gasteiger partial charge in [0.15, 0.2) is 0 Å². The molecule has 0 saturated carbocycles. The zero-order valence-electron chi connectivity index (χ0n) is 13.1. The first kappa shape index (κ1) is 16.7. The third kappa shape index (κ3) is 3.96. The standard InChI is InChI=1S/C16H24FN3O2/c1-11(2)15(21)10-19-5-7-20(8-6-19)14-4-3-12(17)9-13(14)16(18)22/h3-4,9,11,15,21H,5-8,10H2,1-2H3,(H2,18,22). The molecular formula is C16H24FN3O2. The second kappa shape index (κ2) is 7.07. The maximum absolute atomic E-state index is 13.3. The fourth-order valence-electron chi connectivity index (χ4n) is 2.63. The number of aliphatic hydroxyl groups is 1. The Kier molecular flexibility index (Phi) is 5.37. The van der Waals surface area contributed by atoms with E-state index in [0.29, 0.717) is 12.2 Å². The molecule has 0 spiro atoms. The van der Waals surface area contributed by atoms with E-state index in [4.69, 9.17) is 5.73 Å². The van der Waals surface area contributed by atoms with Crippen molar-refractivity contribution in [3.05, 3.63) is 29.6 Å². The molecular weight excluding hydrogens is 285 g/mol. The van der Waals surface area contributed by atoms with Crippen LogP contribution in [0.5, 0.6) is 0 Å². The van der Waals surface area contributed by atoms with Crippen molar-refractivity contribution in [3.8, 4) is 0 Å². The number of primary amides is 1. The average Bonchev–Trinajstić information content (AvgIpc) is 2.48. The number of aliphatic hydroxyl groups excluding tert-OH is 1. The van der Waals surface area contributed by atoms with E-state index in [1.165, 1.54) is 12.1 Å². The van der Waals surface area contributed by atoms with Crippen molar-refractivity contribution in [3.63, 3.8) is 0 Å². The van der Waals surface area contributed by atoms with Crippen molar-refractivity contribution in [1.29, 1.82) is 0 Å². The fourth-order valence-corrected chi connectivity index (χ4v) is 2.63. The van der Waals surface area contributed by atoms with Gasteiger partial charge in [-0.1, -0.05) is 13.8 Å². The van der Waals surface area contributed by atoms with E-state index in [1.54, 1.807) is 6.07 Å². The highest BCUT2D eigenvalue weighted by atomic mass is 19.1. The van der Waals surface area contributed by atoms with Crippen LogP contribution in [0.1, 0.15) is 24.2 Å². The molecule has 1 amide bonds. The summed E-state index contributed by atoms with van der Waals surface area (Å²) in [5, 5.41) is 9.95. The second-order valence-corrected chi connectivity index (χ2v) is 6.12. The summed E-state index contributed by atoms with van der Waals surface area (Å²) in [5.74, 6) is -0.847. The van der Waals surface area contributed by atoms with E-state index in [-0.39, 0.29) is 17.6 Å². The summed E-state index contributed by atoms with van der Waals surface area (Å²) < 4.78 is 13.3. The van der Waals surface area contributed by atoms with Crippen molar-refractivity contribution in [2.75, 3.05) is 37.6 Å². The average molecular weight is 309 g/mol. The van der Waals surface area contributed by atoms with E-state index < -0.39 is 11.7 Å². The van der Waals surface area contributed by atoms with Gasteiger partial charge >= 0.3 is 0 Å². The summed E-state index contributed by atoms with van der Waals surface area (Å²) in [5.41, 5.74) is 6.24. The largest absolute Gasteiger partial charge is 0.392 e. The molecule has 122 valence electrons. The molecule has 0 aromatic heterocycles. The predicted octanol–water partition coefficient (Wildman–Crippen LogP) is 1.06. The molecule has 2 rings (SSSR count). The number of benzene rings is 1. The number of hydrogen-bond acceptors (Lipinski definition) is 4. The number of nitrogens with zero attached hydrogens (tertiary/aromatic N) is 2. The van der Waals surface area contributed by atoms with Gasteiger partial charge in [-0.3, -0.25) is 9.69 Å². The third-order valence-corrected chi connectivity index (χ3v) is 4.15. The monoisotopic (exact) mass is 309 g/mol. The van der Waals surface area contributed by atoms with E-state index in [9.17, 15) is 14.3 Å². The quantitative estimate of drug-likeness (QED) is 0.853. The Morgan fingerprint density at radius 2 is 1.95 bits per heavy atom. The molecule has 1 unspecified atom stereocenters. The smallest absolute Gasteiger partial charge is 0.250 e. The molecule has 1 aliphatic heterocycles. The lowest BCUT2D eigenvalue weighted by atomic mass is 10.1. The molecule has 1 fully saturated rings. The molecule has 6 heteroatoms. The Morgan fingerprint density at radius 3 is 2.50 bits per heavy atom. The minimum Gasteiger partial charge on any atom is -0.392 e. The number of carbonyl (C=O) groups is 1. The van der Waals surface area contributed by atoms with Crippen LogP contribution in [0.2, 0.25) is 0 Å². The molecule has 22 heavy (non-hydrogen) atoms. The van der Waals surface area contributed by atoms with E-state index in [1.807, 2.05) is 18.7 Å². The molecule has 0 radical (unpaired) electrons. The summed E-state index contributed by atoms with van der Waals surface area (Å²) in [6.07, 6.45) is -0.335. The van der Waals surface area contributed by atoms with Crippen molar-refractivity contribution < 1.29 is 14.3 Å². The normalized spacial score (nSPS) is 17.8. The SMILES string of the molecule is CC(C)C(O)CN1CCN(c2ccc(F)cc2C(N)=O)CC1. The van der Waals surface area contributed by atoms with Gasteiger partial charge in [-0.25, -0.2) is 4.39 Å². The summed E-state index contributed by atoms with van der Waals surface area (Å²) in [6.45, 7) is 7.67. The van der Waals surface area contributed by atoms with Gasteiger partial charge in [0.05, 0.1) is 11.7 Å². The minimum absolute atomic E-state index is 0.218. The molecule has 5 nitrogen and oxygen atoms in total. The van der Waals surface area contributed by atoms with Crippen LogP contribution in [0.25, 0.3) is 0 Å². The van der Waals surface area contributed by atoms with Crippen molar-refractivity contribution in [2.24, 2.45) is 11.7 Å². The molecule has 1 aliphatic rings. The lowest BCUT2D eigenvalue weighted by Gasteiger charge is -2.37. The molecule has 0 bridgehead atoms. The highest BCUT2D eigenvalue weighted by Crippen LogP contribution is 2.23. The number of nitrogens with two attached hydrogens (primary N) is 1. The van der Waals surface area contributed by atoms with Crippen LogP contribution in [0, 0.1) is 11.7 Å². The first-order chi connectivity index (χ1) is 10.4. The highest BCUT2D eigenvalue weighted by molar-refractivity contribution is 5.98. The van der Waals surface area contributed by atoms with Crippen LogP contribution in [0.3, 0.4) is 0 Å². The number of rotatable bonds is 5. The number of piperazine rings is 1. The van der Waals surface area contributed by atoms with Crippen molar-refractivity contribution in [2.45, 2.75) is 20.0 Å². The van der Waals surface area contributed by atoms with Gasteiger partial charge in [0.1, 0.15) is 5.82 Å². The number of halogens is 1. The molecule has 1 atom stereocenters. The van der Waals surface area contributed by atoms with E-state index in [0.717, 1.165) is 26.2 Å². The lowest BCUT2D eigenvalue weighted by Crippen LogP contribution is -2.49. The van der Waals surface area contributed by atoms with Gasteiger partial charge in [0.25, 0.3) is 5.91 Å². The Bertz CT molecular complexity index is 528. The van der Waals surface area contributed by atoms with Gasteiger partial charge in [-0.15, -0.1) is 0 Å². The summed E-state index contributed by atoms with van der Waals surface area (Å²) in [7, 11) is 0. The third-order valence-electron chi connectivity index (χ3n) is 4.15. The van der Waals surface area contributed by atoms with Gasteiger partial charge in [0, 0.05) is 38.4 Å². The van der Waals surface area contributed by atoms with Crippen molar-refractivity contribution in [1.82, 2.24) is 4.90 Å². The van der Waals surface area contributed by atoms with Gasteiger partial charge in [0.2, 0.25) is 0 Å². The number of anilines is 1. The van der Waals surface area contributed by atoms with Crippen LogP contribution in [-0.4, -0.2) is 54.7 Å². The molecule has 1 aromatic rings. The van der Waals surface area contributed by atoms with Crippen LogP contribution in [0.15, 0.2) is 18.2 Å². The number of amides is 1. The predicted molar refractivity (Wildman–Crippen MR) is 84.4 cm³/mol. The Morgan fingerprint density at radius 1 is 1.32 bits per heavy atom. The minimum atomic E-state index is -0.618. The maximum Gasteiger partial charge on any atom is 0.250 e. The summed E-state index contributed by atoms with van der Waals surface area (Å²) in [4.78, 5) is 15.7. The van der Waals surface area contributed by atoms with Gasteiger partial charge in [-0.05, 0) is 24.1 Å². The first-order valence-corrected chi connectivity index (χ1v) is 7.63. The van der Waals surface area contributed by atoms with Gasteiger partial charge in [-0.2, -0.15) is 0 Å². The first-order valence-electron chi connectivity index (χ1n) is 7.63. The number of β-amino-alcohol motifs (C(OH)–C–C–N with tert-alkyl or cyclic N) is 1. The fraction of sp³-hybridized carbons (Fsp3) is 0.562.